The van der Waals surface area contributed by atoms with Gasteiger partial charge in [0.05, 0.1) is 0 Å². The van der Waals surface area contributed by atoms with Gasteiger partial charge in [-0.1, -0.05) is 18.2 Å². The zero-order valence-electron chi connectivity index (χ0n) is 6.61. The number of ether oxygens (including phenoxy) is 1. The van der Waals surface area contributed by atoms with Crippen molar-refractivity contribution in [3.8, 4) is 5.75 Å². The maximum atomic E-state index is 10.7. The monoisotopic (exact) mass is 204 g/mol. The van der Waals surface area contributed by atoms with Crippen LogP contribution in [0.5, 0.6) is 5.75 Å². The molecule has 0 aromatic heterocycles. The fourth-order valence-electron chi connectivity index (χ4n) is 0.667. The van der Waals surface area contributed by atoms with Crippen molar-refractivity contribution >= 4 is 63.1 Å². The predicted octanol–water partition coefficient (Wildman–Crippen LogP) is 0.532. The molecule has 0 saturated carbocycles. The van der Waals surface area contributed by atoms with E-state index in [1.807, 2.05) is 0 Å². The van der Waals surface area contributed by atoms with Crippen LogP contribution in [0.15, 0.2) is 30.3 Å². The van der Waals surface area contributed by atoms with Crippen molar-refractivity contribution in [1.82, 2.24) is 0 Å². The van der Waals surface area contributed by atoms with Gasteiger partial charge in [-0.2, -0.15) is 0 Å². The second kappa shape index (κ2) is 6.45. The molecule has 0 heterocycles. The molecule has 0 saturated heterocycles. The normalized spacial score (nSPS) is 8.38. The van der Waals surface area contributed by atoms with Crippen LogP contribution >= 0.6 is 0 Å². The number of para-hydroxylation sites is 1. The fourth-order valence-corrected chi connectivity index (χ4v) is 0.667. The minimum absolute atomic E-state index is 0. The summed E-state index contributed by atoms with van der Waals surface area (Å²) in [4.78, 5) is 21.2. The number of ketones is 1. The van der Waals surface area contributed by atoms with Gasteiger partial charge in [0, 0.05) is 6.92 Å². The zero-order chi connectivity index (χ0) is 8.97. The van der Waals surface area contributed by atoms with Crippen LogP contribution < -0.4 is 4.74 Å². The molecule has 0 bridgehead atoms. The van der Waals surface area contributed by atoms with E-state index < -0.39 is 11.8 Å². The topological polar surface area (TPSA) is 43.4 Å². The molecule has 0 atom stereocenters. The molecule has 0 aliphatic rings. The van der Waals surface area contributed by atoms with Crippen LogP contribution in [0.25, 0.3) is 0 Å². The van der Waals surface area contributed by atoms with Crippen LogP contribution in [-0.2, 0) is 9.59 Å². The molecule has 1 aromatic rings. The molecule has 0 aliphatic heterocycles. The maximum absolute atomic E-state index is 10.7. The summed E-state index contributed by atoms with van der Waals surface area (Å²) in [5.74, 6) is -1.04. The molecule has 4 heteroatoms. The molecule has 0 radical (unpaired) electrons. The summed E-state index contributed by atoms with van der Waals surface area (Å²) in [5.41, 5.74) is 0. The summed E-state index contributed by atoms with van der Waals surface area (Å²) < 4.78 is 4.69. The van der Waals surface area contributed by atoms with Crippen LogP contribution in [0.1, 0.15) is 6.92 Å². The summed E-state index contributed by atoms with van der Waals surface area (Å²) in [5, 5.41) is 0. The van der Waals surface area contributed by atoms with E-state index in [-0.39, 0.29) is 51.4 Å². The number of hydrogen-bond acceptors (Lipinski definition) is 3. The Bertz CT molecular complexity index is 295. The van der Waals surface area contributed by atoms with Crippen molar-refractivity contribution in [3.63, 3.8) is 0 Å². The fraction of sp³-hybridized carbons (Fsp3) is 0.111. The number of carbonyl (C=O) groups is 2. The number of hydrogen-bond donors (Lipinski definition) is 0. The number of Topliss-reactive ketones (excluding diaryl/α,β-unsaturated/α-hetero) is 1. The van der Waals surface area contributed by atoms with Gasteiger partial charge in [-0.05, 0) is 12.1 Å². The molecular weight excluding hydrogens is 195 g/mol. The number of rotatable bonds is 2. The summed E-state index contributed by atoms with van der Waals surface area (Å²) in [6.07, 6.45) is 0. The Morgan fingerprint density at radius 1 is 1.15 bits per heavy atom. The molecule has 0 fully saturated rings. The van der Waals surface area contributed by atoms with Crippen molar-refractivity contribution in [2.24, 2.45) is 0 Å². The number of benzene rings is 1. The van der Waals surface area contributed by atoms with E-state index in [1.165, 1.54) is 6.92 Å². The number of carbonyl (C=O) groups excluding carboxylic acids is 2. The molecule has 0 unspecified atom stereocenters. The standard InChI is InChI=1S/C9H8O3.K.H/c1-7(10)9(11)12-8-5-3-2-4-6-8;;/h2-6H,1H3;;. The summed E-state index contributed by atoms with van der Waals surface area (Å²) in [6.45, 7) is 1.17. The Morgan fingerprint density at radius 3 is 2.15 bits per heavy atom. The molecule has 13 heavy (non-hydrogen) atoms. The second-order valence-electron chi connectivity index (χ2n) is 2.26. The van der Waals surface area contributed by atoms with Gasteiger partial charge in [0.1, 0.15) is 5.75 Å². The Kier molecular flexibility index (Phi) is 6.45. The van der Waals surface area contributed by atoms with Crippen LogP contribution in [0.3, 0.4) is 0 Å². The predicted molar refractivity (Wildman–Crippen MR) is 49.9 cm³/mol. The van der Waals surface area contributed by atoms with Crippen molar-refractivity contribution in [1.29, 1.82) is 0 Å². The van der Waals surface area contributed by atoms with Crippen molar-refractivity contribution < 1.29 is 14.3 Å². The van der Waals surface area contributed by atoms with Gasteiger partial charge < -0.3 is 4.74 Å². The van der Waals surface area contributed by atoms with Gasteiger partial charge in [-0.3, -0.25) is 4.79 Å². The summed E-state index contributed by atoms with van der Waals surface area (Å²) in [6, 6.07) is 8.47. The first-order valence-electron chi connectivity index (χ1n) is 3.48. The average Bonchev–Trinajstić information content (AvgIpc) is 2.06. The van der Waals surface area contributed by atoms with E-state index in [4.69, 9.17) is 0 Å². The van der Waals surface area contributed by atoms with E-state index in [1.54, 1.807) is 30.3 Å². The minimum atomic E-state index is -0.832. The molecule has 1 aromatic carbocycles. The third-order valence-corrected chi connectivity index (χ3v) is 1.24. The van der Waals surface area contributed by atoms with Gasteiger partial charge in [0.2, 0.25) is 5.78 Å². The first-order valence-corrected chi connectivity index (χ1v) is 3.48. The molecule has 0 amide bonds. The van der Waals surface area contributed by atoms with Crippen molar-refractivity contribution in [3.05, 3.63) is 30.3 Å². The zero-order valence-corrected chi connectivity index (χ0v) is 6.61. The molecule has 0 spiro atoms. The van der Waals surface area contributed by atoms with E-state index >= 15 is 0 Å². The van der Waals surface area contributed by atoms with E-state index in [0.717, 1.165) is 0 Å². The molecule has 0 aliphatic carbocycles. The first-order chi connectivity index (χ1) is 5.70. The van der Waals surface area contributed by atoms with Gasteiger partial charge in [-0.25, -0.2) is 4.79 Å². The van der Waals surface area contributed by atoms with Crippen molar-refractivity contribution in [2.45, 2.75) is 6.92 Å². The van der Waals surface area contributed by atoms with Crippen LogP contribution in [0, 0.1) is 0 Å². The molecule has 64 valence electrons. The second-order valence-corrected chi connectivity index (χ2v) is 2.26. The van der Waals surface area contributed by atoms with Crippen LogP contribution in [0.4, 0.5) is 0 Å². The van der Waals surface area contributed by atoms with Gasteiger partial charge >= 0.3 is 57.4 Å². The van der Waals surface area contributed by atoms with E-state index in [0.29, 0.717) is 5.75 Å². The molecule has 1 rings (SSSR count). The van der Waals surface area contributed by atoms with Crippen LogP contribution in [-0.4, -0.2) is 63.1 Å². The molecule has 0 N–H and O–H groups in total. The van der Waals surface area contributed by atoms with Gasteiger partial charge in [0.15, 0.2) is 0 Å². The Morgan fingerprint density at radius 2 is 1.69 bits per heavy atom. The van der Waals surface area contributed by atoms with Crippen molar-refractivity contribution in [2.75, 3.05) is 0 Å². The Balaban J connectivity index is 0.00000144. The Labute approximate surface area is 119 Å². The molecule has 3 nitrogen and oxygen atoms in total. The third kappa shape index (κ3) is 4.68. The average molecular weight is 204 g/mol. The number of esters is 1. The van der Waals surface area contributed by atoms with Gasteiger partial charge in [0.25, 0.3) is 0 Å². The summed E-state index contributed by atoms with van der Waals surface area (Å²) in [7, 11) is 0. The first kappa shape index (κ1) is 13.0. The SMILES string of the molecule is CC(=O)C(=O)Oc1ccccc1.[KH]. The summed E-state index contributed by atoms with van der Waals surface area (Å²) >= 11 is 0. The molecular formula is C9H9KO3. The quantitative estimate of drug-likeness (QED) is 0.305. The Hall–Kier alpha value is -0.00364. The van der Waals surface area contributed by atoms with Gasteiger partial charge in [-0.15, -0.1) is 0 Å². The van der Waals surface area contributed by atoms with Crippen LogP contribution in [0.2, 0.25) is 0 Å². The van der Waals surface area contributed by atoms with E-state index in [9.17, 15) is 9.59 Å². The third-order valence-electron chi connectivity index (χ3n) is 1.24. The van der Waals surface area contributed by atoms with E-state index in [2.05, 4.69) is 4.74 Å².